The Kier molecular flexibility index (Phi) is 5.48. The molecule has 1 saturated heterocycles. The van der Waals surface area contributed by atoms with Crippen LogP contribution in [-0.2, 0) is 11.2 Å². The highest BCUT2D eigenvalue weighted by Crippen LogP contribution is 2.46. The van der Waals surface area contributed by atoms with Crippen molar-refractivity contribution in [2.75, 3.05) is 0 Å². The Morgan fingerprint density at radius 3 is 2.22 bits per heavy atom. The zero-order valence-electron chi connectivity index (χ0n) is 17.7. The summed E-state index contributed by atoms with van der Waals surface area (Å²) in [4.78, 5) is 12.2. The average molecular weight is 446 g/mol. The minimum Gasteiger partial charge on any atom is -0.291 e. The van der Waals surface area contributed by atoms with E-state index in [2.05, 4.69) is 10.9 Å². The summed E-state index contributed by atoms with van der Waals surface area (Å²) in [6.45, 7) is 0. The number of halogens is 4. The summed E-state index contributed by atoms with van der Waals surface area (Å²) in [7, 11) is 0. The van der Waals surface area contributed by atoms with Gasteiger partial charge in [-0.3, -0.25) is 10.2 Å². The summed E-state index contributed by atoms with van der Waals surface area (Å²) in [6, 6.07) is 5.20. The highest BCUT2D eigenvalue weighted by Gasteiger charge is 2.47. The lowest BCUT2D eigenvalue weighted by Crippen LogP contribution is -2.63. The van der Waals surface area contributed by atoms with Crippen molar-refractivity contribution in [2.45, 2.75) is 56.9 Å². The number of amides is 1. The first kappa shape index (κ1) is 21.4. The molecule has 1 spiro atoms. The van der Waals surface area contributed by atoms with Gasteiger partial charge in [0.05, 0.1) is 0 Å². The average Bonchev–Trinajstić information content (AvgIpc) is 3.59. The zero-order chi connectivity index (χ0) is 22.5. The van der Waals surface area contributed by atoms with Crippen LogP contribution in [-0.4, -0.2) is 11.4 Å². The predicted octanol–water partition coefficient (Wildman–Crippen LogP) is 5.43. The van der Waals surface area contributed by atoms with Gasteiger partial charge in [-0.15, -0.1) is 0 Å². The van der Waals surface area contributed by atoms with Crippen molar-refractivity contribution in [3.05, 3.63) is 59.2 Å². The topological polar surface area (TPSA) is 41.1 Å². The normalized spacial score (nSPS) is 28.1. The van der Waals surface area contributed by atoms with E-state index in [1.165, 1.54) is 6.07 Å². The van der Waals surface area contributed by atoms with Crippen LogP contribution in [0.25, 0.3) is 11.1 Å². The Morgan fingerprint density at radius 1 is 0.906 bits per heavy atom. The van der Waals surface area contributed by atoms with Crippen LogP contribution in [0.5, 0.6) is 0 Å². The van der Waals surface area contributed by atoms with Gasteiger partial charge in [0.1, 0.15) is 23.3 Å². The summed E-state index contributed by atoms with van der Waals surface area (Å²) < 4.78 is 56.8. The van der Waals surface area contributed by atoms with E-state index >= 15 is 0 Å². The number of hydrazine groups is 1. The predicted molar refractivity (Wildman–Crippen MR) is 112 cm³/mol. The first-order chi connectivity index (χ1) is 15.3. The number of hydrogen-bond acceptors (Lipinski definition) is 2. The first-order valence-electron chi connectivity index (χ1n) is 11.3. The molecule has 0 radical (unpaired) electrons. The van der Waals surface area contributed by atoms with Crippen molar-refractivity contribution in [3.8, 4) is 11.1 Å². The fourth-order valence-electron chi connectivity index (χ4n) is 5.46. The zero-order valence-corrected chi connectivity index (χ0v) is 17.7. The van der Waals surface area contributed by atoms with Gasteiger partial charge in [-0.05, 0) is 93.0 Å². The van der Waals surface area contributed by atoms with Gasteiger partial charge in [0.15, 0.2) is 0 Å². The Morgan fingerprint density at radius 2 is 1.59 bits per heavy atom. The monoisotopic (exact) mass is 446 g/mol. The molecular formula is C25H26F4N2O. The van der Waals surface area contributed by atoms with E-state index < -0.39 is 23.3 Å². The minimum atomic E-state index is -0.856. The van der Waals surface area contributed by atoms with E-state index in [1.54, 1.807) is 0 Å². The Balaban J connectivity index is 1.27. The summed E-state index contributed by atoms with van der Waals surface area (Å²) in [6.07, 6.45) is 6.67. The van der Waals surface area contributed by atoms with Crippen LogP contribution in [0.15, 0.2) is 30.3 Å². The molecule has 2 aromatic carbocycles. The van der Waals surface area contributed by atoms with Crippen LogP contribution in [0, 0.1) is 41.0 Å². The van der Waals surface area contributed by atoms with E-state index in [1.807, 2.05) is 0 Å². The molecule has 170 valence electrons. The molecule has 0 bridgehead atoms. The largest absolute Gasteiger partial charge is 0.291 e. The van der Waals surface area contributed by atoms with Crippen molar-refractivity contribution in [1.29, 1.82) is 0 Å². The molecule has 2 saturated carbocycles. The summed E-state index contributed by atoms with van der Waals surface area (Å²) in [5.74, 6) is -2.22. The van der Waals surface area contributed by atoms with Crippen molar-refractivity contribution in [3.63, 3.8) is 0 Å². The van der Waals surface area contributed by atoms with E-state index in [-0.39, 0.29) is 46.4 Å². The number of rotatable bonds is 4. The van der Waals surface area contributed by atoms with Crippen molar-refractivity contribution >= 4 is 5.91 Å². The fraction of sp³-hybridized carbons (Fsp3) is 0.480. The van der Waals surface area contributed by atoms with Gasteiger partial charge < -0.3 is 0 Å². The number of benzene rings is 2. The molecule has 5 rings (SSSR count). The number of hydrogen-bond donors (Lipinski definition) is 2. The lowest BCUT2D eigenvalue weighted by molar-refractivity contribution is -0.132. The quantitative estimate of drug-likeness (QED) is 0.615. The van der Waals surface area contributed by atoms with Gasteiger partial charge in [0, 0.05) is 28.7 Å². The molecule has 1 atom stereocenters. The first-order valence-corrected chi connectivity index (χ1v) is 11.3. The highest BCUT2D eigenvalue weighted by atomic mass is 19.1. The van der Waals surface area contributed by atoms with Gasteiger partial charge in [-0.1, -0.05) is 0 Å². The lowest BCUT2D eigenvalue weighted by Gasteiger charge is -2.46. The molecule has 3 nitrogen and oxygen atoms in total. The maximum Gasteiger partial charge on any atom is 0.237 e. The van der Waals surface area contributed by atoms with E-state index in [0.717, 1.165) is 63.1 Å². The van der Waals surface area contributed by atoms with Crippen LogP contribution < -0.4 is 10.9 Å². The third-order valence-corrected chi connectivity index (χ3v) is 7.53. The molecular weight excluding hydrogens is 420 g/mol. The standard InChI is InChI=1S/C25H26F4N2O/c26-17-3-4-18(23(29)12-17)16-10-21(27)19(22(28)11-16)9-14-5-7-25(8-6-14)13-20(15-1-2-15)24(32)30-31-25/h3-4,10-12,14-15,20,31H,1-2,5-9,13H2,(H,30,32). The smallest absolute Gasteiger partial charge is 0.237 e. The van der Waals surface area contributed by atoms with Gasteiger partial charge in [-0.2, -0.15) is 0 Å². The van der Waals surface area contributed by atoms with Crippen LogP contribution in [0.2, 0.25) is 0 Å². The molecule has 3 fully saturated rings. The van der Waals surface area contributed by atoms with Crippen LogP contribution >= 0.6 is 0 Å². The molecule has 1 aliphatic heterocycles. The molecule has 1 amide bonds. The molecule has 2 aliphatic carbocycles. The SMILES string of the molecule is O=C1NNC2(CCC(Cc3c(F)cc(-c4ccc(F)cc4F)cc3F)CC2)CC1C1CC1. The van der Waals surface area contributed by atoms with Crippen molar-refractivity contribution < 1.29 is 22.4 Å². The second kappa shape index (κ2) is 8.18. The summed E-state index contributed by atoms with van der Waals surface area (Å²) in [5, 5.41) is 0. The maximum absolute atomic E-state index is 14.8. The molecule has 3 aliphatic rings. The molecule has 1 heterocycles. The molecule has 2 aromatic rings. The van der Waals surface area contributed by atoms with Crippen LogP contribution in [0.1, 0.15) is 50.5 Å². The number of carbonyl (C=O) groups excluding carboxylic acids is 1. The fourth-order valence-corrected chi connectivity index (χ4v) is 5.46. The van der Waals surface area contributed by atoms with Crippen LogP contribution in [0.3, 0.4) is 0 Å². The minimum absolute atomic E-state index is 0.0120. The van der Waals surface area contributed by atoms with Gasteiger partial charge in [0.25, 0.3) is 0 Å². The lowest BCUT2D eigenvalue weighted by atomic mass is 9.69. The third-order valence-electron chi connectivity index (χ3n) is 7.53. The van der Waals surface area contributed by atoms with Crippen LogP contribution in [0.4, 0.5) is 17.6 Å². The Bertz CT molecular complexity index is 1020. The van der Waals surface area contributed by atoms with Crippen molar-refractivity contribution in [1.82, 2.24) is 10.9 Å². The highest BCUT2D eigenvalue weighted by molar-refractivity contribution is 5.79. The van der Waals surface area contributed by atoms with Gasteiger partial charge in [0.2, 0.25) is 5.91 Å². The van der Waals surface area contributed by atoms with E-state index in [9.17, 15) is 22.4 Å². The third kappa shape index (κ3) is 4.15. The van der Waals surface area contributed by atoms with E-state index in [0.29, 0.717) is 12.0 Å². The van der Waals surface area contributed by atoms with Crippen molar-refractivity contribution in [2.24, 2.45) is 17.8 Å². The summed E-state index contributed by atoms with van der Waals surface area (Å²) >= 11 is 0. The Labute approximate surface area is 184 Å². The van der Waals surface area contributed by atoms with E-state index in [4.69, 9.17) is 0 Å². The van der Waals surface area contributed by atoms with Gasteiger partial charge >= 0.3 is 0 Å². The molecule has 7 heteroatoms. The number of nitrogens with one attached hydrogen (secondary N) is 2. The molecule has 2 N–H and O–H groups in total. The molecule has 0 aromatic heterocycles. The van der Waals surface area contributed by atoms with Gasteiger partial charge in [-0.25, -0.2) is 23.0 Å². The number of carbonyl (C=O) groups is 1. The molecule has 32 heavy (non-hydrogen) atoms. The second-order valence-electron chi connectivity index (χ2n) is 9.73. The Hall–Kier alpha value is -2.41. The maximum atomic E-state index is 14.8. The second-order valence-corrected chi connectivity index (χ2v) is 9.73. The molecule has 1 unspecified atom stereocenters. The summed E-state index contributed by atoms with van der Waals surface area (Å²) in [5.41, 5.74) is 6.00.